The highest BCUT2D eigenvalue weighted by atomic mass is 32.2. The molecule has 2 aliphatic heterocycles. The third-order valence-corrected chi connectivity index (χ3v) is 7.75. The van der Waals surface area contributed by atoms with Gasteiger partial charge >= 0.3 is 11.9 Å². The first-order chi connectivity index (χ1) is 14.4. The van der Waals surface area contributed by atoms with Crippen molar-refractivity contribution in [1.29, 1.82) is 0 Å². The van der Waals surface area contributed by atoms with Gasteiger partial charge in [-0.25, -0.2) is 13.7 Å². The minimum atomic E-state index is -1.43. The molecule has 2 saturated heterocycles. The molecule has 0 saturated carbocycles. The SMILES string of the molecule is CC(C)(C)C(=O)OCOC(=O)[C@@H]1N2C(=O)[C@@H](NS(=O)Cc3ccccc3)[C@H]2SC1(C)C. The Hall–Kier alpha value is -1.91. The van der Waals surface area contributed by atoms with E-state index in [4.69, 9.17) is 9.47 Å². The van der Waals surface area contributed by atoms with Crippen molar-refractivity contribution in [3.05, 3.63) is 35.9 Å². The fourth-order valence-corrected chi connectivity index (χ4v) is 6.25. The van der Waals surface area contributed by atoms with Crippen molar-refractivity contribution in [2.24, 2.45) is 5.41 Å². The number of ether oxygens (including phenoxy) is 2. The predicted octanol–water partition coefficient (Wildman–Crippen LogP) is 1.96. The average molecular weight is 469 g/mol. The molecule has 0 spiro atoms. The third kappa shape index (κ3) is 5.12. The molecule has 0 bridgehead atoms. The quantitative estimate of drug-likeness (QED) is 0.371. The van der Waals surface area contributed by atoms with Gasteiger partial charge in [0, 0.05) is 4.75 Å². The van der Waals surface area contributed by atoms with E-state index in [1.807, 2.05) is 44.2 Å². The number of rotatable bonds is 7. The Morgan fingerprint density at radius 3 is 2.45 bits per heavy atom. The number of carbonyl (C=O) groups is 3. The molecule has 1 N–H and O–H groups in total. The Balaban J connectivity index is 1.58. The fraction of sp³-hybridized carbons (Fsp3) is 0.571. The lowest BCUT2D eigenvalue weighted by Gasteiger charge is -2.43. The van der Waals surface area contributed by atoms with Crippen molar-refractivity contribution in [1.82, 2.24) is 9.62 Å². The van der Waals surface area contributed by atoms with Crippen LogP contribution in [0.4, 0.5) is 0 Å². The number of thioether (sulfide) groups is 1. The van der Waals surface area contributed by atoms with Crippen molar-refractivity contribution in [2.75, 3.05) is 6.79 Å². The molecular formula is C21H28N2O6S2. The Bertz CT molecular complexity index is 884. The molecule has 170 valence electrons. The second kappa shape index (κ2) is 8.91. The molecule has 1 aromatic carbocycles. The number of nitrogens with one attached hydrogen (secondary N) is 1. The summed E-state index contributed by atoms with van der Waals surface area (Å²) in [6, 6.07) is 7.92. The minimum absolute atomic E-state index is 0.288. The third-order valence-electron chi connectivity index (χ3n) is 5.07. The molecule has 10 heteroatoms. The van der Waals surface area contributed by atoms with Gasteiger partial charge in [-0.2, -0.15) is 0 Å². The number of hydrogen-bond donors (Lipinski definition) is 1. The van der Waals surface area contributed by atoms with Gasteiger partial charge < -0.3 is 14.4 Å². The van der Waals surface area contributed by atoms with E-state index in [0.717, 1.165) is 5.56 Å². The number of nitrogens with zero attached hydrogens (tertiary/aromatic N) is 1. The average Bonchev–Trinajstić information content (AvgIpc) is 2.94. The Morgan fingerprint density at radius 1 is 1.19 bits per heavy atom. The fourth-order valence-electron chi connectivity index (χ4n) is 3.45. The molecule has 8 nitrogen and oxygen atoms in total. The summed E-state index contributed by atoms with van der Waals surface area (Å²) in [4.78, 5) is 38.8. The van der Waals surface area contributed by atoms with Crippen LogP contribution in [0, 0.1) is 5.41 Å². The van der Waals surface area contributed by atoms with Gasteiger partial charge in [-0.05, 0) is 40.2 Å². The number of hydrogen-bond acceptors (Lipinski definition) is 7. The maximum absolute atomic E-state index is 12.8. The van der Waals surface area contributed by atoms with Crippen molar-refractivity contribution in [2.45, 2.75) is 62.6 Å². The number of β-lactam (4-membered cyclic amide) rings is 1. The lowest BCUT2D eigenvalue weighted by molar-refractivity contribution is -0.180. The highest BCUT2D eigenvalue weighted by Crippen LogP contribution is 2.51. The van der Waals surface area contributed by atoms with Crippen molar-refractivity contribution >= 4 is 40.6 Å². The van der Waals surface area contributed by atoms with Gasteiger partial charge in [-0.3, -0.25) is 9.59 Å². The lowest BCUT2D eigenvalue weighted by Crippen LogP contribution is -2.70. The van der Waals surface area contributed by atoms with Crippen LogP contribution >= 0.6 is 11.8 Å². The summed E-state index contributed by atoms with van der Waals surface area (Å²) in [7, 11) is -1.43. The van der Waals surface area contributed by atoms with Gasteiger partial charge in [0.05, 0.1) is 22.2 Å². The van der Waals surface area contributed by atoms with E-state index < -0.39 is 52.0 Å². The smallest absolute Gasteiger partial charge is 0.333 e. The largest absolute Gasteiger partial charge is 0.427 e. The summed E-state index contributed by atoms with van der Waals surface area (Å²) >= 11 is 1.46. The van der Waals surface area contributed by atoms with Crippen molar-refractivity contribution in [3.63, 3.8) is 0 Å². The van der Waals surface area contributed by atoms with Crippen LogP contribution in [0.2, 0.25) is 0 Å². The summed E-state index contributed by atoms with van der Waals surface area (Å²) in [6.45, 7) is 8.31. The van der Waals surface area contributed by atoms with Crippen LogP contribution in [-0.4, -0.2) is 56.0 Å². The molecule has 0 aromatic heterocycles. The van der Waals surface area contributed by atoms with Crippen LogP contribution in [0.5, 0.6) is 0 Å². The van der Waals surface area contributed by atoms with Crippen molar-refractivity contribution < 1.29 is 28.1 Å². The number of esters is 2. The van der Waals surface area contributed by atoms with Crippen LogP contribution in [0.3, 0.4) is 0 Å². The van der Waals surface area contributed by atoms with E-state index in [1.165, 1.54) is 16.7 Å². The van der Waals surface area contributed by atoms with Gasteiger partial charge in [0.25, 0.3) is 0 Å². The molecule has 1 aromatic rings. The molecule has 3 rings (SSSR count). The molecule has 2 aliphatic rings. The van der Waals surface area contributed by atoms with E-state index in [2.05, 4.69) is 4.72 Å². The molecule has 31 heavy (non-hydrogen) atoms. The molecule has 1 amide bonds. The molecule has 2 fully saturated rings. The standard InChI is InChI=1S/C21H28N2O6S2/c1-20(2,3)19(26)29-12-28-18(25)15-21(4,5)30-17-14(16(24)23(15)17)22-31(27)11-13-9-7-6-8-10-13/h6-10,14-15,17,22H,11-12H2,1-5H3/t14-,15+,17-,31?/m1/s1. The lowest BCUT2D eigenvalue weighted by atomic mass is 9.96. The highest BCUT2D eigenvalue weighted by Gasteiger charge is 2.64. The van der Waals surface area contributed by atoms with Crippen molar-refractivity contribution in [3.8, 4) is 0 Å². The summed E-state index contributed by atoms with van der Waals surface area (Å²) in [5, 5.41) is -0.322. The van der Waals surface area contributed by atoms with Crippen LogP contribution in [0.1, 0.15) is 40.2 Å². The second-order valence-corrected chi connectivity index (χ2v) is 12.1. The molecule has 0 radical (unpaired) electrons. The molecular weight excluding hydrogens is 440 g/mol. The first-order valence-electron chi connectivity index (χ1n) is 9.94. The van der Waals surface area contributed by atoms with Gasteiger partial charge in [0.1, 0.15) is 17.5 Å². The Morgan fingerprint density at radius 2 is 1.84 bits per heavy atom. The maximum atomic E-state index is 12.8. The Labute approximate surface area is 189 Å². The van der Waals surface area contributed by atoms with E-state index in [-0.39, 0.29) is 17.0 Å². The first kappa shape index (κ1) is 23.7. The second-order valence-electron chi connectivity index (χ2n) is 9.09. The number of fused-ring (bicyclic) bond motifs is 1. The summed E-state index contributed by atoms with van der Waals surface area (Å²) in [5.74, 6) is -1.11. The van der Waals surface area contributed by atoms with Crippen LogP contribution in [0.25, 0.3) is 0 Å². The number of amides is 1. The molecule has 0 aliphatic carbocycles. The van der Waals surface area contributed by atoms with E-state index >= 15 is 0 Å². The Kier molecular flexibility index (Phi) is 6.83. The van der Waals surface area contributed by atoms with Crippen LogP contribution in [-0.2, 0) is 40.6 Å². The highest BCUT2D eigenvalue weighted by molar-refractivity contribution is 8.01. The number of carbonyl (C=O) groups excluding carboxylic acids is 3. The van der Waals surface area contributed by atoms with Gasteiger partial charge in [-0.15, -0.1) is 11.8 Å². The van der Waals surface area contributed by atoms with Gasteiger partial charge in [-0.1, -0.05) is 30.3 Å². The van der Waals surface area contributed by atoms with Gasteiger partial charge in [0.2, 0.25) is 12.7 Å². The minimum Gasteiger partial charge on any atom is -0.427 e. The zero-order valence-corrected chi connectivity index (χ0v) is 19.9. The topological polar surface area (TPSA) is 102 Å². The van der Waals surface area contributed by atoms with E-state index in [9.17, 15) is 18.6 Å². The monoisotopic (exact) mass is 468 g/mol. The normalized spacial score (nSPS) is 25.4. The molecule has 1 unspecified atom stereocenters. The maximum Gasteiger partial charge on any atom is 0.333 e. The molecule has 2 heterocycles. The van der Waals surface area contributed by atoms with E-state index in [0.29, 0.717) is 0 Å². The first-order valence-corrected chi connectivity index (χ1v) is 12.1. The zero-order valence-electron chi connectivity index (χ0n) is 18.2. The summed E-state index contributed by atoms with van der Waals surface area (Å²) in [6.07, 6.45) is 0. The number of benzene rings is 1. The predicted molar refractivity (Wildman–Crippen MR) is 118 cm³/mol. The van der Waals surface area contributed by atoms with Crippen LogP contribution < -0.4 is 4.72 Å². The van der Waals surface area contributed by atoms with E-state index in [1.54, 1.807) is 20.8 Å². The zero-order chi connectivity index (χ0) is 23.0. The van der Waals surface area contributed by atoms with Gasteiger partial charge in [0.15, 0.2) is 0 Å². The summed E-state index contributed by atoms with van der Waals surface area (Å²) < 4.78 is 24.9. The summed E-state index contributed by atoms with van der Waals surface area (Å²) in [5.41, 5.74) is 0.199. The molecule has 4 atom stereocenters. The van der Waals surface area contributed by atoms with Crippen LogP contribution in [0.15, 0.2) is 30.3 Å².